The molecule has 3 heterocycles. The molecule has 4 rings (SSSR count). The molecule has 5 heteroatoms. The predicted molar refractivity (Wildman–Crippen MR) is 104 cm³/mol. The number of nitrogens with one attached hydrogen (secondary N) is 1. The van der Waals surface area contributed by atoms with Crippen LogP contribution in [0.4, 0.5) is 11.5 Å². The molecule has 1 N–H and O–H groups in total. The second-order valence-corrected chi connectivity index (χ2v) is 6.79. The van der Waals surface area contributed by atoms with Crippen LogP contribution in [0.25, 0.3) is 17.2 Å². The highest BCUT2D eigenvalue weighted by molar-refractivity contribution is 5.78. The number of aromatic nitrogens is 3. The van der Waals surface area contributed by atoms with E-state index in [9.17, 15) is 0 Å². The van der Waals surface area contributed by atoms with E-state index in [2.05, 4.69) is 55.3 Å². The minimum Gasteiger partial charge on any atom is -0.460 e. The van der Waals surface area contributed by atoms with Gasteiger partial charge < -0.3 is 9.73 Å². The summed E-state index contributed by atoms with van der Waals surface area (Å²) >= 11 is 0. The monoisotopic (exact) mass is 346 g/mol. The summed E-state index contributed by atoms with van der Waals surface area (Å²) in [6.07, 6.45) is 0. The number of fused-ring (bicyclic) bond motifs is 1. The SMILES string of the molecule is Cc1cc(C)n2c(Nc3c(C)cccc3C)c(-c3ccc(C)o3)nc2n1. The van der Waals surface area contributed by atoms with Crippen LogP contribution in [0.3, 0.4) is 0 Å². The van der Waals surface area contributed by atoms with Gasteiger partial charge in [0.2, 0.25) is 5.78 Å². The van der Waals surface area contributed by atoms with Crippen molar-refractivity contribution in [2.45, 2.75) is 34.6 Å². The number of rotatable bonds is 3. The average Bonchev–Trinajstić information content (AvgIpc) is 3.14. The van der Waals surface area contributed by atoms with Crippen LogP contribution in [-0.2, 0) is 0 Å². The van der Waals surface area contributed by atoms with Crippen LogP contribution in [0.2, 0.25) is 0 Å². The molecule has 0 aliphatic rings. The third-order valence-corrected chi connectivity index (χ3v) is 4.60. The summed E-state index contributed by atoms with van der Waals surface area (Å²) in [6, 6.07) is 12.2. The van der Waals surface area contributed by atoms with Crippen LogP contribution in [0.15, 0.2) is 40.8 Å². The zero-order valence-corrected chi connectivity index (χ0v) is 15.7. The first-order chi connectivity index (χ1) is 12.4. The molecule has 0 amide bonds. The molecule has 0 radical (unpaired) electrons. The van der Waals surface area contributed by atoms with Crippen molar-refractivity contribution in [1.82, 2.24) is 14.4 Å². The van der Waals surface area contributed by atoms with Gasteiger partial charge in [0.05, 0.1) is 0 Å². The molecular formula is C21H22N4O. The number of hydrogen-bond donors (Lipinski definition) is 1. The molecule has 4 aromatic rings. The van der Waals surface area contributed by atoms with Crippen molar-refractivity contribution >= 4 is 17.3 Å². The lowest BCUT2D eigenvalue weighted by Gasteiger charge is -2.14. The summed E-state index contributed by atoms with van der Waals surface area (Å²) < 4.78 is 7.91. The fourth-order valence-electron chi connectivity index (χ4n) is 3.35. The highest BCUT2D eigenvalue weighted by Gasteiger charge is 2.20. The van der Waals surface area contributed by atoms with Crippen LogP contribution in [-0.4, -0.2) is 14.4 Å². The van der Waals surface area contributed by atoms with E-state index in [1.54, 1.807) is 0 Å². The largest absolute Gasteiger partial charge is 0.460 e. The van der Waals surface area contributed by atoms with Gasteiger partial charge in [-0.1, -0.05) is 18.2 Å². The van der Waals surface area contributed by atoms with Crippen LogP contribution in [0.1, 0.15) is 28.3 Å². The maximum atomic E-state index is 5.86. The lowest BCUT2D eigenvalue weighted by atomic mass is 10.1. The van der Waals surface area contributed by atoms with E-state index in [0.29, 0.717) is 5.78 Å². The van der Waals surface area contributed by atoms with Crippen LogP contribution in [0, 0.1) is 34.6 Å². The summed E-state index contributed by atoms with van der Waals surface area (Å²) in [5.41, 5.74) is 6.23. The normalized spacial score (nSPS) is 11.3. The van der Waals surface area contributed by atoms with Gasteiger partial charge in [-0.15, -0.1) is 0 Å². The van der Waals surface area contributed by atoms with E-state index in [1.165, 1.54) is 11.1 Å². The van der Waals surface area contributed by atoms with E-state index >= 15 is 0 Å². The first-order valence-electron chi connectivity index (χ1n) is 8.71. The maximum absolute atomic E-state index is 5.86. The van der Waals surface area contributed by atoms with Crippen LogP contribution in [0.5, 0.6) is 0 Å². The molecular weight excluding hydrogens is 324 g/mol. The van der Waals surface area contributed by atoms with E-state index in [0.717, 1.165) is 40.1 Å². The van der Waals surface area contributed by atoms with Crippen molar-refractivity contribution in [3.8, 4) is 11.5 Å². The topological polar surface area (TPSA) is 55.4 Å². The average molecular weight is 346 g/mol. The first-order valence-corrected chi connectivity index (χ1v) is 8.71. The maximum Gasteiger partial charge on any atom is 0.236 e. The van der Waals surface area contributed by atoms with Gasteiger partial charge in [0.15, 0.2) is 11.5 Å². The van der Waals surface area contributed by atoms with Crippen LogP contribution < -0.4 is 5.32 Å². The van der Waals surface area contributed by atoms with Gasteiger partial charge in [0.25, 0.3) is 0 Å². The van der Waals surface area contributed by atoms with Crippen molar-refractivity contribution in [2.24, 2.45) is 0 Å². The zero-order chi connectivity index (χ0) is 18.4. The molecule has 1 aromatic carbocycles. The van der Waals surface area contributed by atoms with E-state index < -0.39 is 0 Å². The highest BCUT2D eigenvalue weighted by atomic mass is 16.3. The number of para-hydroxylation sites is 1. The Morgan fingerprint density at radius 3 is 2.31 bits per heavy atom. The Balaban J connectivity index is 1.99. The van der Waals surface area contributed by atoms with Gasteiger partial charge in [0.1, 0.15) is 11.6 Å². The molecule has 0 saturated carbocycles. The smallest absolute Gasteiger partial charge is 0.236 e. The molecule has 0 unspecified atom stereocenters. The number of aryl methyl sites for hydroxylation is 5. The van der Waals surface area contributed by atoms with Crippen molar-refractivity contribution in [3.63, 3.8) is 0 Å². The van der Waals surface area contributed by atoms with Gasteiger partial charge >= 0.3 is 0 Å². The molecule has 3 aromatic heterocycles. The van der Waals surface area contributed by atoms with Crippen molar-refractivity contribution in [1.29, 1.82) is 0 Å². The highest BCUT2D eigenvalue weighted by Crippen LogP contribution is 2.34. The summed E-state index contributed by atoms with van der Waals surface area (Å²) in [7, 11) is 0. The van der Waals surface area contributed by atoms with Gasteiger partial charge in [-0.25, -0.2) is 9.97 Å². The molecule has 0 spiro atoms. The molecule has 0 aliphatic carbocycles. The Bertz CT molecular complexity index is 1100. The van der Waals surface area contributed by atoms with Gasteiger partial charge in [0, 0.05) is 17.1 Å². The summed E-state index contributed by atoms with van der Waals surface area (Å²) in [5.74, 6) is 3.13. The van der Waals surface area contributed by atoms with E-state index in [1.807, 2.05) is 30.4 Å². The van der Waals surface area contributed by atoms with Crippen molar-refractivity contribution < 1.29 is 4.42 Å². The Morgan fingerprint density at radius 1 is 0.923 bits per heavy atom. The summed E-state index contributed by atoms with van der Waals surface area (Å²) in [5, 5.41) is 3.60. The van der Waals surface area contributed by atoms with Gasteiger partial charge in [-0.2, -0.15) is 0 Å². The minimum absolute atomic E-state index is 0.667. The fraction of sp³-hybridized carbons (Fsp3) is 0.238. The van der Waals surface area contributed by atoms with E-state index in [-0.39, 0.29) is 0 Å². The number of furan rings is 1. The van der Waals surface area contributed by atoms with E-state index in [4.69, 9.17) is 9.40 Å². The number of hydrogen-bond acceptors (Lipinski definition) is 4. The molecule has 0 saturated heterocycles. The Morgan fingerprint density at radius 2 is 1.65 bits per heavy atom. The third-order valence-electron chi connectivity index (χ3n) is 4.60. The van der Waals surface area contributed by atoms with Gasteiger partial charge in [-0.3, -0.25) is 4.40 Å². The van der Waals surface area contributed by atoms with Crippen LogP contribution >= 0.6 is 0 Å². The molecule has 0 aliphatic heterocycles. The molecule has 0 bridgehead atoms. The quantitative estimate of drug-likeness (QED) is 0.549. The third kappa shape index (κ3) is 2.65. The second kappa shape index (κ2) is 6.02. The van der Waals surface area contributed by atoms with Crippen molar-refractivity contribution in [2.75, 3.05) is 5.32 Å². The van der Waals surface area contributed by atoms with Crippen molar-refractivity contribution in [3.05, 3.63) is 64.7 Å². The fourth-order valence-corrected chi connectivity index (χ4v) is 3.35. The lowest BCUT2D eigenvalue weighted by Crippen LogP contribution is -2.03. The summed E-state index contributed by atoms with van der Waals surface area (Å²) in [4.78, 5) is 9.38. The minimum atomic E-state index is 0.667. The Labute approximate surface area is 152 Å². The zero-order valence-electron chi connectivity index (χ0n) is 15.7. The predicted octanol–water partition coefficient (Wildman–Crippen LogP) is 5.28. The number of imidazole rings is 1. The molecule has 5 nitrogen and oxygen atoms in total. The number of benzene rings is 1. The Kier molecular flexibility index (Phi) is 3.80. The summed E-state index contributed by atoms with van der Waals surface area (Å²) in [6.45, 7) is 10.2. The number of anilines is 2. The second-order valence-electron chi connectivity index (χ2n) is 6.79. The molecule has 26 heavy (non-hydrogen) atoms. The standard InChI is InChI=1S/C21H22N4O/c1-12-7-6-8-13(2)18(12)23-20-19(17-10-9-16(5)26-17)24-21-22-14(3)11-15(4)25(20)21/h6-11,23H,1-5H3. The number of nitrogens with zero attached hydrogens (tertiary/aromatic N) is 3. The molecule has 0 atom stereocenters. The first kappa shape index (κ1) is 16.4. The lowest BCUT2D eigenvalue weighted by molar-refractivity contribution is 0.547. The molecule has 0 fully saturated rings. The molecule has 132 valence electrons. The van der Waals surface area contributed by atoms with Gasteiger partial charge in [-0.05, 0) is 63.9 Å². The Hall–Kier alpha value is -3.08.